The normalized spacial score (nSPS) is 10.9. The Kier molecular flexibility index (Phi) is 5.42. The number of nitrogens with zero attached hydrogens (tertiary/aromatic N) is 2. The highest BCUT2D eigenvalue weighted by Crippen LogP contribution is 2.32. The van der Waals surface area contributed by atoms with Crippen molar-refractivity contribution in [2.75, 3.05) is 5.75 Å². The lowest BCUT2D eigenvalue weighted by molar-refractivity contribution is -0.0885. The summed E-state index contributed by atoms with van der Waals surface area (Å²) in [4.78, 5) is 15.9. The van der Waals surface area contributed by atoms with Crippen LogP contribution in [0.25, 0.3) is 11.3 Å². The zero-order valence-electron chi connectivity index (χ0n) is 12.3. The van der Waals surface area contributed by atoms with E-state index < -0.39 is 17.5 Å². The zero-order chi connectivity index (χ0) is 17.7. The number of rotatable bonds is 5. The highest BCUT2D eigenvalue weighted by atomic mass is 32.2. The van der Waals surface area contributed by atoms with Gasteiger partial charge in [-0.2, -0.15) is 18.4 Å². The van der Waals surface area contributed by atoms with Gasteiger partial charge in [-0.05, 0) is 6.07 Å². The fourth-order valence-electron chi connectivity index (χ4n) is 1.97. The molecule has 7 heteroatoms. The number of carbonyl (C=O) groups excluding carboxylic acids is 1. The van der Waals surface area contributed by atoms with Crippen molar-refractivity contribution in [1.29, 1.82) is 5.26 Å². The van der Waals surface area contributed by atoms with Gasteiger partial charge in [0, 0.05) is 11.3 Å². The van der Waals surface area contributed by atoms with E-state index in [1.807, 2.05) is 0 Å². The van der Waals surface area contributed by atoms with Gasteiger partial charge in [-0.3, -0.25) is 4.79 Å². The Balaban J connectivity index is 2.70. The van der Waals surface area contributed by atoms with E-state index in [1.54, 1.807) is 42.5 Å². The number of pyridine rings is 1. The lowest BCUT2D eigenvalue weighted by Gasteiger charge is -2.13. The van der Waals surface area contributed by atoms with Crippen LogP contribution in [0.5, 0.6) is 0 Å². The molecule has 1 heterocycles. The third-order valence-corrected chi connectivity index (χ3v) is 3.98. The first-order valence-corrected chi connectivity index (χ1v) is 7.72. The lowest BCUT2D eigenvalue weighted by atomic mass is 10.0. The summed E-state index contributed by atoms with van der Waals surface area (Å²) in [6.07, 6.45) is -3.46. The van der Waals surface area contributed by atoms with Gasteiger partial charge in [0.1, 0.15) is 11.1 Å². The number of Topliss-reactive ketones (excluding diaryl/α,β-unsaturated/α-hetero) is 1. The molecule has 0 saturated carbocycles. The fourth-order valence-corrected chi connectivity index (χ4v) is 2.66. The van der Waals surface area contributed by atoms with Gasteiger partial charge in [0.25, 0.3) is 5.78 Å². The molecule has 0 N–H and O–H groups in total. The number of alkyl halides is 3. The van der Waals surface area contributed by atoms with Crippen LogP contribution < -0.4 is 0 Å². The molecule has 0 unspecified atom stereocenters. The maximum absolute atomic E-state index is 12.9. The first kappa shape index (κ1) is 17.8. The van der Waals surface area contributed by atoms with Crippen molar-refractivity contribution >= 4 is 17.5 Å². The molecule has 0 fully saturated rings. The molecule has 0 spiro atoms. The minimum atomic E-state index is -5.05. The summed E-state index contributed by atoms with van der Waals surface area (Å²) in [5, 5.41) is 9.43. The molecule has 0 aliphatic heterocycles. The molecule has 2 aromatic rings. The van der Waals surface area contributed by atoms with Crippen LogP contribution in [-0.4, -0.2) is 22.7 Å². The molecule has 1 aromatic carbocycles. The van der Waals surface area contributed by atoms with Crippen molar-refractivity contribution in [3.8, 4) is 17.3 Å². The molecule has 0 bridgehead atoms. The highest BCUT2D eigenvalue weighted by Gasteiger charge is 2.41. The molecule has 0 amide bonds. The standard InChI is InChI=1S/C17H11F3N2OS/c1-2-8-24-16-12(10-21)9-13(15(23)17(18,19)20)14(22-16)11-6-4-3-5-7-11/h2-7,9H,1,8H2. The Morgan fingerprint density at radius 3 is 2.54 bits per heavy atom. The lowest BCUT2D eigenvalue weighted by Crippen LogP contribution is -2.24. The maximum Gasteiger partial charge on any atom is 0.454 e. The van der Waals surface area contributed by atoms with Crippen LogP contribution in [0.3, 0.4) is 0 Å². The molecule has 0 aliphatic carbocycles. The van der Waals surface area contributed by atoms with Gasteiger partial charge >= 0.3 is 6.18 Å². The van der Waals surface area contributed by atoms with E-state index in [0.717, 1.165) is 17.8 Å². The van der Waals surface area contributed by atoms with Crippen LogP contribution in [0.4, 0.5) is 13.2 Å². The number of benzene rings is 1. The Morgan fingerprint density at radius 1 is 1.33 bits per heavy atom. The van der Waals surface area contributed by atoms with Crippen LogP contribution >= 0.6 is 11.8 Å². The molecule has 0 atom stereocenters. The smallest absolute Gasteiger partial charge is 0.284 e. The van der Waals surface area contributed by atoms with Crippen molar-refractivity contribution in [2.45, 2.75) is 11.2 Å². The molecule has 0 aliphatic rings. The Labute approximate surface area is 140 Å². The number of hydrogen-bond acceptors (Lipinski definition) is 4. The van der Waals surface area contributed by atoms with Gasteiger partial charge in [-0.15, -0.1) is 18.3 Å². The van der Waals surface area contributed by atoms with Crippen molar-refractivity contribution < 1.29 is 18.0 Å². The molecule has 2 rings (SSSR count). The molecule has 24 heavy (non-hydrogen) atoms. The molecular formula is C17H11F3N2OS. The quantitative estimate of drug-likeness (QED) is 0.449. The van der Waals surface area contributed by atoms with Crippen LogP contribution in [0.1, 0.15) is 15.9 Å². The monoisotopic (exact) mass is 348 g/mol. The highest BCUT2D eigenvalue weighted by molar-refractivity contribution is 7.99. The predicted octanol–water partition coefficient (Wildman–Crippen LogP) is 4.64. The number of carbonyl (C=O) groups is 1. The summed E-state index contributed by atoms with van der Waals surface area (Å²) >= 11 is 1.16. The summed E-state index contributed by atoms with van der Waals surface area (Å²) in [6.45, 7) is 3.56. The number of nitriles is 1. The minimum absolute atomic E-state index is 0.0749. The van der Waals surface area contributed by atoms with E-state index in [1.165, 1.54) is 0 Å². The number of ketones is 1. The van der Waals surface area contributed by atoms with Gasteiger partial charge in [-0.25, -0.2) is 4.98 Å². The van der Waals surface area contributed by atoms with Crippen molar-refractivity contribution in [2.24, 2.45) is 0 Å². The first-order chi connectivity index (χ1) is 11.4. The van der Waals surface area contributed by atoms with E-state index in [4.69, 9.17) is 5.26 Å². The number of aromatic nitrogens is 1. The van der Waals surface area contributed by atoms with Gasteiger partial charge in [-0.1, -0.05) is 36.4 Å². The third kappa shape index (κ3) is 3.84. The van der Waals surface area contributed by atoms with Gasteiger partial charge in [0.2, 0.25) is 0 Å². The molecule has 0 radical (unpaired) electrons. The first-order valence-electron chi connectivity index (χ1n) is 6.74. The summed E-state index contributed by atoms with van der Waals surface area (Å²) in [6, 6.07) is 10.8. The van der Waals surface area contributed by atoms with E-state index >= 15 is 0 Å². The minimum Gasteiger partial charge on any atom is -0.284 e. The van der Waals surface area contributed by atoms with Crippen molar-refractivity contribution in [3.63, 3.8) is 0 Å². The zero-order valence-corrected chi connectivity index (χ0v) is 13.1. The number of hydrogen-bond donors (Lipinski definition) is 0. The molecule has 0 saturated heterocycles. The van der Waals surface area contributed by atoms with E-state index in [-0.39, 0.29) is 16.3 Å². The van der Waals surface area contributed by atoms with Crippen LogP contribution in [-0.2, 0) is 0 Å². The summed E-state index contributed by atoms with van der Waals surface area (Å²) in [5.41, 5.74) is -0.430. The predicted molar refractivity (Wildman–Crippen MR) is 85.7 cm³/mol. The molecular weight excluding hydrogens is 337 g/mol. The van der Waals surface area contributed by atoms with Crippen LogP contribution in [0.2, 0.25) is 0 Å². The van der Waals surface area contributed by atoms with E-state index in [9.17, 15) is 18.0 Å². The van der Waals surface area contributed by atoms with Gasteiger partial charge < -0.3 is 0 Å². The summed E-state index contributed by atoms with van der Waals surface area (Å²) in [5.74, 6) is -1.59. The van der Waals surface area contributed by atoms with E-state index in [0.29, 0.717) is 11.3 Å². The molecule has 3 nitrogen and oxygen atoms in total. The van der Waals surface area contributed by atoms with Gasteiger partial charge in [0.05, 0.1) is 16.8 Å². The average molecular weight is 348 g/mol. The second-order valence-corrected chi connectivity index (χ2v) is 5.65. The Hall–Kier alpha value is -2.59. The van der Waals surface area contributed by atoms with Crippen molar-refractivity contribution in [3.05, 3.63) is 60.2 Å². The summed E-state index contributed by atoms with van der Waals surface area (Å²) < 4.78 is 38.7. The fraction of sp³-hybridized carbons (Fsp3) is 0.118. The van der Waals surface area contributed by atoms with Crippen molar-refractivity contribution in [1.82, 2.24) is 4.98 Å². The second-order valence-electron chi connectivity index (χ2n) is 4.64. The molecule has 122 valence electrons. The SMILES string of the molecule is C=CCSc1nc(-c2ccccc2)c(C(=O)C(F)(F)F)cc1C#N. The largest absolute Gasteiger partial charge is 0.454 e. The third-order valence-electron chi connectivity index (χ3n) is 3.00. The maximum atomic E-state index is 12.9. The number of halogens is 3. The second kappa shape index (κ2) is 7.32. The van der Waals surface area contributed by atoms with Gasteiger partial charge in [0.15, 0.2) is 0 Å². The Morgan fingerprint density at radius 2 is 2.00 bits per heavy atom. The Bertz CT molecular complexity index is 811. The topological polar surface area (TPSA) is 53.8 Å². The average Bonchev–Trinajstić information content (AvgIpc) is 2.58. The van der Waals surface area contributed by atoms with E-state index in [2.05, 4.69) is 11.6 Å². The summed E-state index contributed by atoms with van der Waals surface area (Å²) in [7, 11) is 0. The van der Waals surface area contributed by atoms with Crippen LogP contribution in [0, 0.1) is 11.3 Å². The number of thioether (sulfide) groups is 1. The van der Waals surface area contributed by atoms with Crippen LogP contribution in [0.15, 0.2) is 54.1 Å². The molecule has 1 aromatic heterocycles.